The second kappa shape index (κ2) is 8.00. The number of ether oxygens (including phenoxy) is 2. The molecule has 0 radical (unpaired) electrons. The van der Waals surface area contributed by atoms with Crippen molar-refractivity contribution in [2.75, 3.05) is 26.6 Å². The highest BCUT2D eigenvalue weighted by molar-refractivity contribution is 6.17. The molecule has 0 aliphatic carbocycles. The van der Waals surface area contributed by atoms with Crippen molar-refractivity contribution >= 4 is 17.5 Å². The Morgan fingerprint density at radius 1 is 1.25 bits per heavy atom. The summed E-state index contributed by atoms with van der Waals surface area (Å²) >= 11 is 5.71. The number of amides is 1. The second-order valence-electron chi connectivity index (χ2n) is 4.70. The molecule has 0 spiro atoms. The zero-order chi connectivity index (χ0) is 15.1. The first kappa shape index (κ1) is 16.6. The molecule has 0 aromatic heterocycles. The molecule has 0 atom stereocenters. The van der Waals surface area contributed by atoms with E-state index >= 15 is 0 Å². The molecule has 20 heavy (non-hydrogen) atoms. The topological polar surface area (TPSA) is 38.8 Å². The van der Waals surface area contributed by atoms with Crippen LogP contribution < -0.4 is 9.47 Å². The first-order valence-corrected chi connectivity index (χ1v) is 7.17. The molecule has 0 unspecified atom stereocenters. The third kappa shape index (κ3) is 4.04. The zero-order valence-electron chi connectivity index (χ0n) is 12.5. The van der Waals surface area contributed by atoms with Gasteiger partial charge < -0.3 is 14.4 Å². The molecule has 0 N–H and O–H groups in total. The third-order valence-electron chi connectivity index (χ3n) is 3.05. The summed E-state index contributed by atoms with van der Waals surface area (Å²) in [5, 5.41) is 0. The molecule has 112 valence electrons. The van der Waals surface area contributed by atoms with E-state index in [1.807, 2.05) is 18.7 Å². The number of benzene rings is 1. The van der Waals surface area contributed by atoms with Crippen molar-refractivity contribution in [1.82, 2.24) is 4.90 Å². The molecule has 0 aliphatic rings. The van der Waals surface area contributed by atoms with Crippen molar-refractivity contribution in [2.45, 2.75) is 26.3 Å². The second-order valence-corrected chi connectivity index (χ2v) is 5.08. The molecule has 1 aromatic rings. The van der Waals surface area contributed by atoms with Crippen LogP contribution in [0.25, 0.3) is 0 Å². The van der Waals surface area contributed by atoms with Gasteiger partial charge in [-0.2, -0.15) is 0 Å². The highest BCUT2D eigenvalue weighted by Crippen LogP contribution is 2.28. The number of carbonyl (C=O) groups excluding carboxylic acids is 1. The number of halogens is 1. The van der Waals surface area contributed by atoms with Crippen LogP contribution in [0.5, 0.6) is 11.5 Å². The monoisotopic (exact) mass is 299 g/mol. The summed E-state index contributed by atoms with van der Waals surface area (Å²) in [4.78, 5) is 14.4. The van der Waals surface area contributed by atoms with Crippen LogP contribution in [0.15, 0.2) is 18.2 Å². The Morgan fingerprint density at radius 3 is 2.40 bits per heavy atom. The highest BCUT2D eigenvalue weighted by atomic mass is 35.5. The summed E-state index contributed by atoms with van der Waals surface area (Å²) in [6, 6.07) is 5.32. The van der Waals surface area contributed by atoms with E-state index in [1.54, 1.807) is 32.4 Å². The van der Waals surface area contributed by atoms with Crippen molar-refractivity contribution in [3.05, 3.63) is 23.8 Å². The maximum Gasteiger partial charge on any atom is 0.254 e. The molecule has 1 amide bonds. The number of methoxy groups -OCH3 is 2. The number of nitrogens with zero attached hydrogens (tertiary/aromatic N) is 1. The summed E-state index contributed by atoms with van der Waals surface area (Å²) in [5.74, 6) is 1.69. The molecule has 0 fully saturated rings. The molecule has 0 saturated heterocycles. The number of hydrogen-bond donors (Lipinski definition) is 0. The van der Waals surface area contributed by atoms with Crippen LogP contribution in [0, 0.1) is 0 Å². The lowest BCUT2D eigenvalue weighted by Crippen LogP contribution is -2.37. The number of carbonyl (C=O) groups is 1. The van der Waals surface area contributed by atoms with Gasteiger partial charge in [0.25, 0.3) is 5.91 Å². The Bertz CT molecular complexity index is 449. The quantitative estimate of drug-likeness (QED) is 0.726. The predicted molar refractivity (Wildman–Crippen MR) is 81.1 cm³/mol. The van der Waals surface area contributed by atoms with Gasteiger partial charge in [0, 0.05) is 24.0 Å². The molecule has 0 bridgehead atoms. The van der Waals surface area contributed by atoms with Crippen LogP contribution in [0.4, 0.5) is 0 Å². The van der Waals surface area contributed by atoms with Gasteiger partial charge in [-0.25, -0.2) is 0 Å². The first-order valence-electron chi connectivity index (χ1n) is 6.64. The van der Waals surface area contributed by atoms with Gasteiger partial charge in [-0.05, 0) is 38.5 Å². The van der Waals surface area contributed by atoms with E-state index in [2.05, 4.69) is 0 Å². The molecular weight excluding hydrogens is 278 g/mol. The van der Waals surface area contributed by atoms with Crippen molar-refractivity contribution in [2.24, 2.45) is 0 Å². The molecule has 0 heterocycles. The van der Waals surface area contributed by atoms with E-state index in [0.717, 1.165) is 6.42 Å². The lowest BCUT2D eigenvalue weighted by molar-refractivity contribution is 0.0706. The molecule has 1 rings (SSSR count). The summed E-state index contributed by atoms with van der Waals surface area (Å²) in [7, 11) is 3.13. The van der Waals surface area contributed by atoms with E-state index < -0.39 is 0 Å². The standard InChI is InChI=1S/C15H22ClNO3/c1-11(2)17(9-5-8-16)15(18)12-6-7-13(19-3)14(10-12)20-4/h6-7,10-11H,5,8-9H2,1-4H3. The minimum Gasteiger partial charge on any atom is -0.493 e. The van der Waals surface area contributed by atoms with Crippen LogP contribution >= 0.6 is 11.6 Å². The van der Waals surface area contributed by atoms with Gasteiger partial charge in [0.1, 0.15) is 0 Å². The minimum atomic E-state index is -0.0222. The zero-order valence-corrected chi connectivity index (χ0v) is 13.2. The van der Waals surface area contributed by atoms with E-state index in [4.69, 9.17) is 21.1 Å². The van der Waals surface area contributed by atoms with Gasteiger partial charge in [-0.3, -0.25) is 4.79 Å². The van der Waals surface area contributed by atoms with Gasteiger partial charge in [0.2, 0.25) is 0 Å². The van der Waals surface area contributed by atoms with E-state index in [9.17, 15) is 4.79 Å². The van der Waals surface area contributed by atoms with Crippen molar-refractivity contribution in [3.63, 3.8) is 0 Å². The Balaban J connectivity index is 2.99. The maximum absolute atomic E-state index is 12.5. The van der Waals surface area contributed by atoms with Crippen molar-refractivity contribution in [3.8, 4) is 11.5 Å². The van der Waals surface area contributed by atoms with Crippen LogP contribution in [-0.2, 0) is 0 Å². The average molecular weight is 300 g/mol. The first-order chi connectivity index (χ1) is 9.54. The lowest BCUT2D eigenvalue weighted by atomic mass is 10.1. The number of hydrogen-bond acceptors (Lipinski definition) is 3. The van der Waals surface area contributed by atoms with Crippen LogP contribution in [0.2, 0.25) is 0 Å². The summed E-state index contributed by atoms with van der Waals surface area (Å²) in [5.41, 5.74) is 0.589. The predicted octanol–water partition coefficient (Wildman–Crippen LogP) is 3.18. The Labute approximate surface area is 125 Å². The average Bonchev–Trinajstić information content (AvgIpc) is 2.46. The fourth-order valence-electron chi connectivity index (χ4n) is 1.96. The molecule has 1 aromatic carbocycles. The van der Waals surface area contributed by atoms with Crippen molar-refractivity contribution in [1.29, 1.82) is 0 Å². The summed E-state index contributed by atoms with van der Waals surface area (Å²) in [6.07, 6.45) is 0.777. The Kier molecular flexibility index (Phi) is 6.65. The molecule has 0 saturated carbocycles. The van der Waals surface area contributed by atoms with Gasteiger partial charge in [-0.1, -0.05) is 0 Å². The van der Waals surface area contributed by atoms with Crippen LogP contribution in [0.1, 0.15) is 30.6 Å². The fraction of sp³-hybridized carbons (Fsp3) is 0.533. The lowest BCUT2D eigenvalue weighted by Gasteiger charge is -2.27. The summed E-state index contributed by atoms with van der Waals surface area (Å²) in [6.45, 7) is 4.63. The van der Waals surface area contributed by atoms with E-state index in [0.29, 0.717) is 29.5 Å². The van der Waals surface area contributed by atoms with E-state index in [1.165, 1.54) is 0 Å². The number of alkyl halides is 1. The van der Waals surface area contributed by atoms with Gasteiger partial charge >= 0.3 is 0 Å². The molecule has 4 nitrogen and oxygen atoms in total. The van der Waals surface area contributed by atoms with Crippen LogP contribution in [-0.4, -0.2) is 43.5 Å². The van der Waals surface area contributed by atoms with Gasteiger partial charge in [0.15, 0.2) is 11.5 Å². The normalized spacial score (nSPS) is 10.5. The third-order valence-corrected chi connectivity index (χ3v) is 3.31. The van der Waals surface area contributed by atoms with E-state index in [-0.39, 0.29) is 11.9 Å². The van der Waals surface area contributed by atoms with Crippen molar-refractivity contribution < 1.29 is 14.3 Å². The summed E-state index contributed by atoms with van der Waals surface area (Å²) < 4.78 is 10.4. The SMILES string of the molecule is COc1ccc(C(=O)N(CCCCl)C(C)C)cc1OC. The highest BCUT2D eigenvalue weighted by Gasteiger charge is 2.19. The number of rotatable bonds is 7. The Morgan fingerprint density at radius 2 is 1.90 bits per heavy atom. The molecule has 5 heteroatoms. The largest absolute Gasteiger partial charge is 0.493 e. The smallest absolute Gasteiger partial charge is 0.254 e. The Hall–Kier alpha value is -1.42. The molecule has 0 aliphatic heterocycles. The minimum absolute atomic E-state index is 0.0222. The fourth-order valence-corrected chi connectivity index (χ4v) is 2.08. The molecular formula is C15H22ClNO3. The van der Waals surface area contributed by atoms with Gasteiger partial charge in [-0.15, -0.1) is 11.6 Å². The van der Waals surface area contributed by atoms with Gasteiger partial charge in [0.05, 0.1) is 14.2 Å². The maximum atomic E-state index is 12.5. The van der Waals surface area contributed by atoms with Crippen LogP contribution in [0.3, 0.4) is 0 Å².